The summed E-state index contributed by atoms with van der Waals surface area (Å²) in [4.78, 5) is 32.2. The summed E-state index contributed by atoms with van der Waals surface area (Å²) in [5, 5.41) is 1.35. The summed E-state index contributed by atoms with van der Waals surface area (Å²) in [7, 11) is -3.60. The highest BCUT2D eigenvalue weighted by Crippen LogP contribution is 2.44. The summed E-state index contributed by atoms with van der Waals surface area (Å²) in [6, 6.07) is 75.3. The van der Waals surface area contributed by atoms with Gasteiger partial charge in [0.15, 0.2) is 18.9 Å². The molecule has 0 spiro atoms. The summed E-state index contributed by atoms with van der Waals surface area (Å²) in [5.74, 6) is -1.04. The van der Waals surface area contributed by atoms with E-state index in [2.05, 4.69) is 45.0 Å². The second-order valence-electron chi connectivity index (χ2n) is 22.9. The van der Waals surface area contributed by atoms with Crippen LogP contribution in [0.15, 0.2) is 237 Å². The molecule has 0 bridgehead atoms. The number of fused-ring (bicyclic) bond motifs is 2. The predicted octanol–water partition coefficient (Wildman–Crippen LogP) is 11.1. The zero-order valence-corrected chi connectivity index (χ0v) is 49.0. The van der Waals surface area contributed by atoms with E-state index in [9.17, 15) is 0 Å². The number of imide groups is 1. The van der Waals surface area contributed by atoms with E-state index in [1.165, 1.54) is 4.90 Å². The predicted molar refractivity (Wildman–Crippen MR) is 323 cm³/mol. The van der Waals surface area contributed by atoms with Crippen molar-refractivity contribution in [3.63, 3.8) is 0 Å². The number of nitrogens with zero attached hydrogens (tertiary/aromatic N) is 1. The van der Waals surface area contributed by atoms with Crippen molar-refractivity contribution in [2.24, 2.45) is 0 Å². The lowest BCUT2D eigenvalue weighted by molar-refractivity contribution is -0.391. The molecule has 8 aromatic carbocycles. The van der Waals surface area contributed by atoms with Gasteiger partial charge in [0.2, 0.25) is 0 Å². The van der Waals surface area contributed by atoms with Crippen molar-refractivity contribution in [1.82, 2.24) is 4.90 Å². The first-order valence-electron chi connectivity index (χ1n) is 29.3. The molecule has 3 fully saturated rings. The van der Waals surface area contributed by atoms with E-state index < -0.39 is 92.8 Å². The normalized spacial score (nSPS) is 25.1. The standard InChI is InChI=1S/C71H71NO12Si/c1-71(2,3)85(54-37-21-9-22-38-54,55-39-23-10-24-40-55)84-69-60(72-66(73)56-41-25-26-42-57(56)67(72)74)63(76-44-50-29-13-5-14-30-50)61(58(80-69)47-75-43-49-27-11-4-12-28-49)83-70-65(78-46-52-33-17-7-18-34-52)64(77-45-51-31-15-6-16-32-51)62-59(81-70)48-79-68(82-62)53-35-19-8-20-36-53/h4-42,58-65,68-70H,43-48H2,1-3H3/t58-,59-,60-,61-,62+,63-,64+,65-,68?,69+,70+/m1/s1. The van der Waals surface area contributed by atoms with Gasteiger partial charge >= 0.3 is 0 Å². The lowest BCUT2D eigenvalue weighted by atomic mass is 9.93. The highest BCUT2D eigenvalue weighted by Gasteiger charge is 2.62. The molecule has 3 saturated heterocycles. The molecule has 12 rings (SSSR count). The van der Waals surface area contributed by atoms with Gasteiger partial charge in [-0.3, -0.25) is 14.5 Å². The molecule has 13 nitrogen and oxygen atoms in total. The van der Waals surface area contributed by atoms with Gasteiger partial charge in [0.05, 0.1) is 50.8 Å². The maximum Gasteiger partial charge on any atom is 0.264 e. The number of amides is 2. The number of carbonyl (C=O) groups is 2. The van der Waals surface area contributed by atoms with E-state index in [1.807, 2.05) is 188 Å². The van der Waals surface area contributed by atoms with Crippen LogP contribution in [0.3, 0.4) is 0 Å². The van der Waals surface area contributed by atoms with E-state index in [0.717, 1.165) is 38.2 Å². The molecule has 0 aromatic heterocycles. The van der Waals surface area contributed by atoms with Crippen LogP contribution in [-0.4, -0.2) is 99.6 Å². The van der Waals surface area contributed by atoms with Crippen LogP contribution in [0, 0.1) is 0 Å². The van der Waals surface area contributed by atoms with Gasteiger partial charge in [-0.1, -0.05) is 245 Å². The quantitative estimate of drug-likeness (QED) is 0.0502. The monoisotopic (exact) mass is 1160 g/mol. The summed E-state index contributed by atoms with van der Waals surface area (Å²) in [5.41, 5.74) is 4.99. The first-order valence-corrected chi connectivity index (χ1v) is 31.2. The number of hydrogen-bond acceptors (Lipinski definition) is 12. The molecule has 8 aromatic rings. The third-order valence-electron chi connectivity index (χ3n) is 16.3. The molecule has 4 heterocycles. The molecule has 4 aliphatic heterocycles. The molecule has 1 unspecified atom stereocenters. The molecule has 11 atom stereocenters. The van der Waals surface area contributed by atoms with Gasteiger partial charge in [-0.15, -0.1) is 0 Å². The lowest BCUT2D eigenvalue weighted by Gasteiger charge is -2.54. The van der Waals surface area contributed by atoms with Crippen molar-refractivity contribution in [3.05, 3.63) is 276 Å². The van der Waals surface area contributed by atoms with Crippen LogP contribution in [0.2, 0.25) is 5.04 Å². The molecule has 0 saturated carbocycles. The fraction of sp³-hybridized carbons (Fsp3) is 0.296. The van der Waals surface area contributed by atoms with Crippen LogP contribution in [0.25, 0.3) is 0 Å². The van der Waals surface area contributed by atoms with Crippen LogP contribution in [-0.2, 0) is 73.5 Å². The fourth-order valence-corrected chi connectivity index (χ4v) is 16.8. The van der Waals surface area contributed by atoms with Gasteiger partial charge in [-0.2, -0.15) is 0 Å². The Kier molecular flexibility index (Phi) is 18.1. The highest BCUT2D eigenvalue weighted by atomic mass is 28.4. The molecule has 85 heavy (non-hydrogen) atoms. The van der Waals surface area contributed by atoms with Crippen LogP contribution >= 0.6 is 0 Å². The highest BCUT2D eigenvalue weighted by molar-refractivity contribution is 6.99. The van der Waals surface area contributed by atoms with Crippen LogP contribution < -0.4 is 10.4 Å². The Hall–Kier alpha value is -7.28. The van der Waals surface area contributed by atoms with Crippen molar-refractivity contribution in [2.45, 2.75) is 120 Å². The fourth-order valence-electron chi connectivity index (χ4n) is 12.2. The third kappa shape index (κ3) is 12.7. The summed E-state index contributed by atoms with van der Waals surface area (Å²) in [6.07, 6.45) is -9.93. The molecule has 4 aliphatic rings. The van der Waals surface area contributed by atoms with Crippen molar-refractivity contribution in [1.29, 1.82) is 0 Å². The Balaban J connectivity index is 1.02. The zero-order valence-electron chi connectivity index (χ0n) is 48.0. The topological polar surface area (TPSA) is 130 Å². The molecular weight excluding hydrogens is 1090 g/mol. The largest absolute Gasteiger partial charge is 0.381 e. The Morgan fingerprint density at radius 1 is 0.471 bits per heavy atom. The average Bonchev–Trinajstić information content (AvgIpc) is 2.57. The Bertz CT molecular complexity index is 3350. The van der Waals surface area contributed by atoms with Gasteiger partial charge in [-0.05, 0) is 49.8 Å². The maximum atomic E-state index is 15.5. The van der Waals surface area contributed by atoms with E-state index in [-0.39, 0.29) is 50.8 Å². The number of benzene rings is 8. The maximum absolute atomic E-state index is 15.5. The van der Waals surface area contributed by atoms with Crippen LogP contribution in [0.4, 0.5) is 0 Å². The zero-order chi connectivity index (χ0) is 58.2. The Labute approximate surface area is 498 Å². The van der Waals surface area contributed by atoms with Gasteiger partial charge in [0.1, 0.15) is 48.8 Å². The van der Waals surface area contributed by atoms with E-state index in [0.29, 0.717) is 0 Å². The minimum atomic E-state index is -3.60. The lowest BCUT2D eigenvalue weighted by Crippen LogP contribution is -2.74. The molecule has 0 radical (unpaired) electrons. The van der Waals surface area contributed by atoms with Crippen LogP contribution in [0.1, 0.15) is 75.6 Å². The number of carbonyl (C=O) groups excluding carboxylic acids is 2. The molecule has 0 N–H and O–H groups in total. The van der Waals surface area contributed by atoms with Gasteiger partial charge in [-0.25, -0.2) is 0 Å². The van der Waals surface area contributed by atoms with Crippen molar-refractivity contribution in [3.8, 4) is 0 Å². The second-order valence-corrected chi connectivity index (χ2v) is 27.2. The first-order chi connectivity index (χ1) is 41.6. The number of hydrogen-bond donors (Lipinski definition) is 0. The molecule has 0 aliphatic carbocycles. The second kappa shape index (κ2) is 26.5. The SMILES string of the molecule is CC(C)(C)[Si](O[C@@H]1O[C@H](COCc2ccccc2)[C@@H](O[C@@H]2O[C@@H]3COC(c4ccccc4)O[C@@H]3[C@H](OCc3ccccc3)[C@H]2OCc2ccccc2)[C@H](OCc2ccccc2)[C@H]1N1C(=O)c2ccccc2C1=O)(c1ccccc1)c1ccccc1. The van der Waals surface area contributed by atoms with Crippen LogP contribution in [0.5, 0.6) is 0 Å². The third-order valence-corrected chi connectivity index (χ3v) is 21.3. The molecular formula is C71H71NO12Si. The van der Waals surface area contributed by atoms with E-state index in [1.54, 1.807) is 24.3 Å². The van der Waals surface area contributed by atoms with Crippen molar-refractivity contribution in [2.75, 3.05) is 13.2 Å². The van der Waals surface area contributed by atoms with Crippen molar-refractivity contribution >= 4 is 30.5 Å². The molecule has 2 amide bonds. The minimum absolute atomic E-state index is 0.0457. The minimum Gasteiger partial charge on any atom is -0.381 e. The van der Waals surface area contributed by atoms with Crippen molar-refractivity contribution < 1.29 is 56.6 Å². The van der Waals surface area contributed by atoms with E-state index >= 15 is 9.59 Å². The smallest absolute Gasteiger partial charge is 0.264 e. The Morgan fingerprint density at radius 2 is 0.906 bits per heavy atom. The number of rotatable bonds is 21. The van der Waals surface area contributed by atoms with Gasteiger partial charge in [0.25, 0.3) is 20.1 Å². The summed E-state index contributed by atoms with van der Waals surface area (Å²) >= 11 is 0. The van der Waals surface area contributed by atoms with Gasteiger partial charge < -0.3 is 47.1 Å². The number of ether oxygens (including phenoxy) is 9. The average molecular weight is 1160 g/mol. The summed E-state index contributed by atoms with van der Waals surface area (Å²) < 4.78 is 72.4. The summed E-state index contributed by atoms with van der Waals surface area (Å²) in [6.45, 7) is 7.23. The first kappa shape index (κ1) is 58.1. The van der Waals surface area contributed by atoms with Gasteiger partial charge in [0, 0.05) is 5.56 Å². The Morgan fingerprint density at radius 3 is 1.40 bits per heavy atom. The van der Waals surface area contributed by atoms with E-state index in [4.69, 9.17) is 47.1 Å². The molecule has 14 heteroatoms. The molecule has 436 valence electrons.